The van der Waals surface area contributed by atoms with E-state index in [0.29, 0.717) is 5.75 Å². The van der Waals surface area contributed by atoms with Gasteiger partial charge in [-0.1, -0.05) is 17.7 Å². The number of aryl methyl sites for hydroxylation is 1. The molecule has 0 amide bonds. The lowest BCUT2D eigenvalue weighted by molar-refractivity contribution is 0.111. The summed E-state index contributed by atoms with van der Waals surface area (Å²) in [6, 6.07) is 9.44. The van der Waals surface area contributed by atoms with Crippen LogP contribution in [0.1, 0.15) is 12.0 Å². The van der Waals surface area contributed by atoms with Gasteiger partial charge in [-0.3, -0.25) is 0 Å². The highest BCUT2D eigenvalue weighted by atomic mass is 16.5. The average Bonchev–Trinajstić information content (AvgIpc) is 2.17. The molecule has 1 aromatic rings. The molecule has 74 valence electrons. The first kappa shape index (κ1) is 10.6. The molecular weight excluding hydrogens is 178 g/mol. The Kier molecular flexibility index (Phi) is 3.96. The third kappa shape index (κ3) is 3.46. The van der Waals surface area contributed by atoms with E-state index in [4.69, 9.17) is 10.00 Å². The summed E-state index contributed by atoms with van der Waals surface area (Å²) < 4.78 is 5.27. The number of ether oxygens (including phenoxy) is 1. The van der Waals surface area contributed by atoms with E-state index in [-0.39, 0.29) is 13.0 Å². The van der Waals surface area contributed by atoms with Gasteiger partial charge >= 0.3 is 0 Å². The third-order valence-electron chi connectivity index (χ3n) is 1.79. The Balaban J connectivity index is 2.39. The molecule has 0 saturated carbocycles. The second kappa shape index (κ2) is 5.25. The van der Waals surface area contributed by atoms with Gasteiger partial charge < -0.3 is 9.84 Å². The number of rotatable bonds is 4. The van der Waals surface area contributed by atoms with Crippen molar-refractivity contribution in [3.63, 3.8) is 0 Å². The summed E-state index contributed by atoms with van der Waals surface area (Å²) in [5.41, 5.74) is 1.16. The van der Waals surface area contributed by atoms with Crippen LogP contribution in [-0.2, 0) is 0 Å². The lowest BCUT2D eigenvalue weighted by atomic mass is 10.2. The summed E-state index contributed by atoms with van der Waals surface area (Å²) in [5.74, 6) is 0.715. The summed E-state index contributed by atoms with van der Waals surface area (Å²) in [6.07, 6.45) is -0.604. The lowest BCUT2D eigenvalue weighted by Crippen LogP contribution is -2.16. The first-order valence-corrected chi connectivity index (χ1v) is 4.47. The van der Waals surface area contributed by atoms with Crippen molar-refractivity contribution in [2.45, 2.75) is 19.4 Å². The van der Waals surface area contributed by atoms with Crippen LogP contribution < -0.4 is 4.74 Å². The molecule has 0 aliphatic carbocycles. The largest absolute Gasteiger partial charge is 0.491 e. The molecule has 0 radical (unpaired) electrons. The van der Waals surface area contributed by atoms with Crippen LogP contribution in [0.25, 0.3) is 0 Å². The highest BCUT2D eigenvalue weighted by molar-refractivity contribution is 5.26. The Bertz CT molecular complexity index is 313. The van der Waals surface area contributed by atoms with Gasteiger partial charge in [-0.2, -0.15) is 5.26 Å². The van der Waals surface area contributed by atoms with E-state index in [9.17, 15) is 5.11 Å². The fraction of sp³-hybridized carbons (Fsp3) is 0.364. The SMILES string of the molecule is Cc1ccc(OC[C@@H](O)CC#N)cc1. The first-order chi connectivity index (χ1) is 6.72. The van der Waals surface area contributed by atoms with Gasteiger partial charge in [-0.25, -0.2) is 0 Å². The molecule has 0 bridgehead atoms. The van der Waals surface area contributed by atoms with E-state index in [2.05, 4.69) is 0 Å². The molecule has 1 rings (SSSR count). The lowest BCUT2D eigenvalue weighted by Gasteiger charge is -2.09. The number of nitriles is 1. The standard InChI is InChI=1S/C11H13NO2/c1-9-2-4-11(5-3-9)14-8-10(13)6-7-12/h2-5,10,13H,6,8H2,1H3/t10-/m0/s1. The summed E-state index contributed by atoms with van der Waals surface area (Å²) in [4.78, 5) is 0. The Morgan fingerprint density at radius 3 is 2.64 bits per heavy atom. The van der Waals surface area contributed by atoms with Crippen molar-refractivity contribution < 1.29 is 9.84 Å². The summed E-state index contributed by atoms with van der Waals surface area (Å²) in [7, 11) is 0. The molecular formula is C11H13NO2. The van der Waals surface area contributed by atoms with Crippen molar-refractivity contribution in [3.8, 4) is 11.8 Å². The van der Waals surface area contributed by atoms with Gasteiger partial charge in [0.25, 0.3) is 0 Å². The minimum absolute atomic E-state index is 0.103. The Labute approximate surface area is 83.6 Å². The van der Waals surface area contributed by atoms with Crippen molar-refractivity contribution in [1.82, 2.24) is 0 Å². The minimum Gasteiger partial charge on any atom is -0.491 e. The van der Waals surface area contributed by atoms with Crippen molar-refractivity contribution in [3.05, 3.63) is 29.8 Å². The second-order valence-electron chi connectivity index (χ2n) is 3.14. The molecule has 0 fully saturated rings. The summed E-state index contributed by atoms with van der Waals surface area (Å²) in [5, 5.41) is 17.5. The molecule has 0 aliphatic heterocycles. The first-order valence-electron chi connectivity index (χ1n) is 4.47. The smallest absolute Gasteiger partial charge is 0.119 e. The van der Waals surface area contributed by atoms with Gasteiger partial charge in [-0.05, 0) is 19.1 Å². The molecule has 0 aromatic heterocycles. The Morgan fingerprint density at radius 1 is 1.43 bits per heavy atom. The molecule has 0 heterocycles. The van der Waals surface area contributed by atoms with E-state index >= 15 is 0 Å². The topological polar surface area (TPSA) is 53.2 Å². The zero-order valence-corrected chi connectivity index (χ0v) is 8.10. The van der Waals surface area contributed by atoms with Gasteiger partial charge in [0.15, 0.2) is 0 Å². The summed E-state index contributed by atoms with van der Waals surface area (Å²) in [6.45, 7) is 2.16. The zero-order chi connectivity index (χ0) is 10.4. The Hall–Kier alpha value is -1.53. The molecule has 1 aromatic carbocycles. The number of hydrogen-bond donors (Lipinski definition) is 1. The minimum atomic E-state index is -0.707. The second-order valence-corrected chi connectivity index (χ2v) is 3.14. The van der Waals surface area contributed by atoms with Crippen LogP contribution in [0.2, 0.25) is 0 Å². The van der Waals surface area contributed by atoms with Gasteiger partial charge in [0.05, 0.1) is 12.5 Å². The van der Waals surface area contributed by atoms with E-state index < -0.39 is 6.10 Å². The van der Waals surface area contributed by atoms with Gasteiger partial charge in [0.2, 0.25) is 0 Å². The average molecular weight is 191 g/mol. The van der Waals surface area contributed by atoms with Crippen LogP contribution in [-0.4, -0.2) is 17.8 Å². The zero-order valence-electron chi connectivity index (χ0n) is 8.10. The fourth-order valence-corrected chi connectivity index (χ4v) is 0.991. The van der Waals surface area contributed by atoms with Crippen LogP contribution in [0.3, 0.4) is 0 Å². The van der Waals surface area contributed by atoms with Crippen molar-refractivity contribution in [1.29, 1.82) is 5.26 Å². The van der Waals surface area contributed by atoms with E-state index in [1.165, 1.54) is 0 Å². The van der Waals surface area contributed by atoms with Crippen LogP contribution >= 0.6 is 0 Å². The normalized spacial score (nSPS) is 11.8. The maximum Gasteiger partial charge on any atom is 0.119 e. The summed E-state index contributed by atoms with van der Waals surface area (Å²) >= 11 is 0. The highest BCUT2D eigenvalue weighted by Crippen LogP contribution is 2.11. The van der Waals surface area contributed by atoms with Crippen molar-refractivity contribution in [2.75, 3.05) is 6.61 Å². The van der Waals surface area contributed by atoms with Gasteiger partial charge in [0.1, 0.15) is 18.5 Å². The molecule has 1 N–H and O–H groups in total. The number of benzene rings is 1. The number of hydrogen-bond acceptors (Lipinski definition) is 3. The molecule has 3 nitrogen and oxygen atoms in total. The molecule has 0 aliphatic rings. The maximum atomic E-state index is 9.22. The quantitative estimate of drug-likeness (QED) is 0.787. The fourth-order valence-electron chi connectivity index (χ4n) is 0.991. The van der Waals surface area contributed by atoms with Gasteiger partial charge in [-0.15, -0.1) is 0 Å². The molecule has 0 saturated heterocycles. The van der Waals surface area contributed by atoms with Crippen LogP contribution in [0.5, 0.6) is 5.75 Å². The van der Waals surface area contributed by atoms with Crippen molar-refractivity contribution >= 4 is 0 Å². The predicted molar refractivity (Wildman–Crippen MR) is 52.9 cm³/mol. The molecule has 14 heavy (non-hydrogen) atoms. The van der Waals surface area contributed by atoms with E-state index in [1.54, 1.807) is 0 Å². The Morgan fingerprint density at radius 2 is 2.07 bits per heavy atom. The molecule has 1 atom stereocenters. The highest BCUT2D eigenvalue weighted by Gasteiger charge is 2.03. The van der Waals surface area contributed by atoms with E-state index in [1.807, 2.05) is 37.3 Å². The third-order valence-corrected chi connectivity index (χ3v) is 1.79. The molecule has 3 heteroatoms. The maximum absolute atomic E-state index is 9.22. The van der Waals surface area contributed by atoms with Crippen LogP contribution in [0.4, 0.5) is 0 Å². The number of aliphatic hydroxyl groups is 1. The van der Waals surface area contributed by atoms with Crippen LogP contribution in [0.15, 0.2) is 24.3 Å². The number of aliphatic hydroxyl groups excluding tert-OH is 1. The number of nitrogens with zero attached hydrogens (tertiary/aromatic N) is 1. The van der Waals surface area contributed by atoms with E-state index in [0.717, 1.165) is 5.56 Å². The molecule has 0 spiro atoms. The van der Waals surface area contributed by atoms with Crippen molar-refractivity contribution in [2.24, 2.45) is 0 Å². The monoisotopic (exact) mass is 191 g/mol. The van der Waals surface area contributed by atoms with Crippen LogP contribution in [0, 0.1) is 18.3 Å². The van der Waals surface area contributed by atoms with Gasteiger partial charge in [0, 0.05) is 0 Å². The predicted octanol–water partition coefficient (Wildman–Crippen LogP) is 1.65. The molecule has 0 unspecified atom stereocenters.